The predicted molar refractivity (Wildman–Crippen MR) is 66.6 cm³/mol. The highest BCUT2D eigenvalue weighted by molar-refractivity contribution is 5.82. The summed E-state index contributed by atoms with van der Waals surface area (Å²) in [6.07, 6.45) is 2.39. The molecule has 2 aliphatic rings. The molecule has 0 radical (unpaired) electrons. The maximum Gasteiger partial charge on any atom is 0.228 e. The number of carbonyl (C=O) groups is 1. The van der Waals surface area contributed by atoms with Gasteiger partial charge in [0.2, 0.25) is 5.91 Å². The van der Waals surface area contributed by atoms with E-state index in [0.29, 0.717) is 12.5 Å². The van der Waals surface area contributed by atoms with E-state index in [2.05, 4.69) is 19.2 Å². The molecule has 2 saturated heterocycles. The van der Waals surface area contributed by atoms with Crippen LogP contribution in [-0.4, -0.2) is 48.2 Å². The second-order valence-corrected chi connectivity index (χ2v) is 5.90. The van der Waals surface area contributed by atoms with Crippen molar-refractivity contribution < 1.29 is 9.90 Å². The van der Waals surface area contributed by atoms with Gasteiger partial charge in [-0.1, -0.05) is 13.8 Å². The van der Waals surface area contributed by atoms with Crippen molar-refractivity contribution in [1.29, 1.82) is 0 Å². The van der Waals surface area contributed by atoms with Crippen molar-refractivity contribution in [2.75, 3.05) is 26.2 Å². The highest BCUT2D eigenvalue weighted by Crippen LogP contribution is 2.32. The fourth-order valence-electron chi connectivity index (χ4n) is 2.81. The molecule has 0 bridgehead atoms. The summed E-state index contributed by atoms with van der Waals surface area (Å²) in [7, 11) is 0. The van der Waals surface area contributed by atoms with Crippen molar-refractivity contribution in [2.24, 2.45) is 11.3 Å². The van der Waals surface area contributed by atoms with Gasteiger partial charge in [-0.25, -0.2) is 0 Å². The second-order valence-electron chi connectivity index (χ2n) is 5.90. The first-order valence-corrected chi connectivity index (χ1v) is 6.71. The van der Waals surface area contributed by atoms with Crippen molar-refractivity contribution in [3.63, 3.8) is 0 Å². The number of nitrogens with zero attached hydrogens (tertiary/aromatic N) is 1. The third kappa shape index (κ3) is 2.63. The maximum atomic E-state index is 12.5. The first-order valence-electron chi connectivity index (χ1n) is 6.71. The van der Waals surface area contributed by atoms with E-state index in [0.717, 1.165) is 38.9 Å². The van der Waals surface area contributed by atoms with Crippen LogP contribution in [0.3, 0.4) is 0 Å². The van der Waals surface area contributed by atoms with Crippen LogP contribution >= 0.6 is 0 Å². The summed E-state index contributed by atoms with van der Waals surface area (Å²) < 4.78 is 0. The molecule has 2 fully saturated rings. The Labute approximate surface area is 103 Å². The Bertz CT molecular complexity index is 287. The van der Waals surface area contributed by atoms with Crippen LogP contribution in [-0.2, 0) is 4.79 Å². The molecule has 0 aliphatic carbocycles. The predicted octanol–water partition coefficient (Wildman–Crippen LogP) is 0.605. The Kier molecular flexibility index (Phi) is 3.73. The van der Waals surface area contributed by atoms with Crippen LogP contribution in [0.5, 0.6) is 0 Å². The van der Waals surface area contributed by atoms with Gasteiger partial charge in [0.1, 0.15) is 0 Å². The molecule has 0 aromatic heterocycles. The Morgan fingerprint density at radius 1 is 1.41 bits per heavy atom. The lowest BCUT2D eigenvalue weighted by Crippen LogP contribution is -2.53. The summed E-state index contributed by atoms with van der Waals surface area (Å²) >= 11 is 0. The zero-order valence-electron chi connectivity index (χ0n) is 10.9. The first kappa shape index (κ1) is 12.8. The van der Waals surface area contributed by atoms with E-state index in [1.807, 2.05) is 4.90 Å². The molecule has 17 heavy (non-hydrogen) atoms. The summed E-state index contributed by atoms with van der Waals surface area (Å²) in [5.41, 5.74) is -0.217. The molecule has 1 amide bonds. The van der Waals surface area contributed by atoms with Crippen molar-refractivity contribution in [1.82, 2.24) is 10.2 Å². The molecule has 2 atom stereocenters. The molecule has 2 heterocycles. The molecule has 2 rings (SSSR count). The van der Waals surface area contributed by atoms with Crippen molar-refractivity contribution in [3.05, 3.63) is 0 Å². The molecule has 2 unspecified atom stereocenters. The Morgan fingerprint density at radius 2 is 2.06 bits per heavy atom. The number of aliphatic hydroxyl groups excluding tert-OH is 1. The van der Waals surface area contributed by atoms with Crippen LogP contribution in [0.2, 0.25) is 0 Å². The van der Waals surface area contributed by atoms with Gasteiger partial charge >= 0.3 is 0 Å². The van der Waals surface area contributed by atoms with Crippen molar-refractivity contribution in [3.8, 4) is 0 Å². The monoisotopic (exact) mass is 240 g/mol. The minimum atomic E-state index is -0.349. The van der Waals surface area contributed by atoms with Gasteiger partial charge in [-0.3, -0.25) is 4.79 Å². The summed E-state index contributed by atoms with van der Waals surface area (Å²) in [6.45, 7) is 7.30. The van der Waals surface area contributed by atoms with E-state index in [4.69, 9.17) is 0 Å². The Morgan fingerprint density at radius 3 is 2.65 bits per heavy atom. The normalized spacial score (nSPS) is 33.5. The van der Waals surface area contributed by atoms with Gasteiger partial charge in [0, 0.05) is 18.5 Å². The molecule has 98 valence electrons. The summed E-state index contributed by atoms with van der Waals surface area (Å²) in [6, 6.07) is 0. The zero-order chi connectivity index (χ0) is 12.5. The van der Waals surface area contributed by atoms with E-state index in [1.165, 1.54) is 0 Å². The van der Waals surface area contributed by atoms with E-state index in [-0.39, 0.29) is 17.4 Å². The summed E-state index contributed by atoms with van der Waals surface area (Å²) in [5.74, 6) is 0.560. The molecule has 0 spiro atoms. The number of carbonyl (C=O) groups excluding carboxylic acids is 1. The van der Waals surface area contributed by atoms with Crippen LogP contribution in [0.1, 0.15) is 33.1 Å². The van der Waals surface area contributed by atoms with Crippen molar-refractivity contribution >= 4 is 5.91 Å². The summed E-state index contributed by atoms with van der Waals surface area (Å²) in [5, 5.41) is 13.2. The second kappa shape index (κ2) is 4.94. The molecule has 0 saturated carbocycles. The van der Waals surface area contributed by atoms with Gasteiger partial charge in [0.25, 0.3) is 0 Å². The average molecular weight is 240 g/mol. The van der Waals surface area contributed by atoms with Gasteiger partial charge < -0.3 is 15.3 Å². The largest absolute Gasteiger partial charge is 0.391 e. The van der Waals surface area contributed by atoms with Crippen LogP contribution in [0, 0.1) is 11.3 Å². The molecule has 0 aromatic carbocycles. The van der Waals surface area contributed by atoms with Gasteiger partial charge in [-0.2, -0.15) is 0 Å². The Balaban J connectivity index is 1.99. The quantitative estimate of drug-likeness (QED) is 0.706. The molecule has 2 N–H and O–H groups in total. The average Bonchev–Trinajstić information content (AvgIpc) is 2.33. The van der Waals surface area contributed by atoms with E-state index in [1.54, 1.807) is 0 Å². The van der Waals surface area contributed by atoms with E-state index >= 15 is 0 Å². The topological polar surface area (TPSA) is 52.6 Å². The number of aliphatic hydroxyl groups is 1. The fourth-order valence-corrected chi connectivity index (χ4v) is 2.81. The molecule has 0 aromatic rings. The minimum Gasteiger partial charge on any atom is -0.391 e. The number of rotatable bonds is 1. The number of hydrogen-bond donors (Lipinski definition) is 2. The molecule has 4 heteroatoms. The lowest BCUT2D eigenvalue weighted by molar-refractivity contribution is -0.147. The first-order chi connectivity index (χ1) is 8.03. The van der Waals surface area contributed by atoms with Gasteiger partial charge in [0.15, 0.2) is 0 Å². The van der Waals surface area contributed by atoms with Gasteiger partial charge in [0.05, 0.1) is 6.10 Å². The third-order valence-electron chi connectivity index (χ3n) is 4.43. The fraction of sp³-hybridized carbons (Fsp3) is 0.923. The summed E-state index contributed by atoms with van der Waals surface area (Å²) in [4.78, 5) is 14.4. The smallest absolute Gasteiger partial charge is 0.228 e. The number of nitrogens with one attached hydrogen (secondary N) is 1. The molecular weight excluding hydrogens is 216 g/mol. The number of likely N-dealkylation sites (tertiary alicyclic amines) is 1. The van der Waals surface area contributed by atoms with Crippen LogP contribution in [0.15, 0.2) is 0 Å². The minimum absolute atomic E-state index is 0.217. The molecule has 2 aliphatic heterocycles. The molecular formula is C13H24N2O2. The molecule has 4 nitrogen and oxygen atoms in total. The number of hydrogen-bond acceptors (Lipinski definition) is 3. The number of amides is 1. The third-order valence-corrected chi connectivity index (χ3v) is 4.43. The van der Waals surface area contributed by atoms with Crippen LogP contribution in [0.4, 0.5) is 0 Å². The van der Waals surface area contributed by atoms with E-state index < -0.39 is 0 Å². The van der Waals surface area contributed by atoms with Gasteiger partial charge in [-0.05, 0) is 38.3 Å². The van der Waals surface area contributed by atoms with Gasteiger partial charge in [-0.15, -0.1) is 0 Å². The lowest BCUT2D eigenvalue weighted by atomic mass is 9.79. The number of β-amino-alcohol motifs (C(OH)–C–C–N with tert-alkyl or cyclic N) is 1. The van der Waals surface area contributed by atoms with E-state index in [9.17, 15) is 9.90 Å². The highest BCUT2D eigenvalue weighted by Gasteiger charge is 2.39. The lowest BCUT2D eigenvalue weighted by Gasteiger charge is -2.41. The number of piperidine rings is 2. The zero-order valence-corrected chi connectivity index (χ0v) is 10.9. The van der Waals surface area contributed by atoms with Crippen LogP contribution in [0.25, 0.3) is 0 Å². The highest BCUT2D eigenvalue weighted by atomic mass is 16.3. The Hall–Kier alpha value is -0.610. The standard InChI is InChI=1S/C13H24N2O2/c1-10-3-8-15(9-11(10)16)12(17)13(2)4-6-14-7-5-13/h10-11,14,16H,3-9H2,1-2H3. The maximum absolute atomic E-state index is 12.5. The van der Waals surface area contributed by atoms with Crippen molar-refractivity contribution in [2.45, 2.75) is 39.2 Å². The SMILES string of the molecule is CC1CCN(C(=O)C2(C)CCNCC2)CC1O. The van der Waals surface area contributed by atoms with Crippen LogP contribution < -0.4 is 5.32 Å².